The van der Waals surface area contributed by atoms with Gasteiger partial charge in [0.1, 0.15) is 67.1 Å². The third-order valence-electron chi connectivity index (χ3n) is 19.7. The van der Waals surface area contributed by atoms with E-state index in [1.165, 1.54) is 212 Å². The highest BCUT2D eigenvalue weighted by atomic mass is 16.8. The van der Waals surface area contributed by atoms with Crippen LogP contribution in [0.15, 0.2) is 12.2 Å². The number of carboxylic acids is 1. The van der Waals surface area contributed by atoms with Crippen molar-refractivity contribution in [3.8, 4) is 0 Å². The van der Waals surface area contributed by atoms with E-state index in [0.717, 1.165) is 51.9 Å². The summed E-state index contributed by atoms with van der Waals surface area (Å²) >= 11 is 0. The first kappa shape index (κ1) is 88.7. The van der Waals surface area contributed by atoms with Gasteiger partial charge in [0.15, 0.2) is 12.6 Å². The molecule has 3 fully saturated rings. The summed E-state index contributed by atoms with van der Waals surface area (Å²) in [5.41, 5.74) is 0. The summed E-state index contributed by atoms with van der Waals surface area (Å²) in [4.78, 5) is 38.6. The second-order valence-corrected chi connectivity index (χ2v) is 28.2. The molecule has 3 rings (SSSR count). The molecule has 23 nitrogen and oxygen atoms in total. The number of hydrogen-bond donors (Lipinski definition) is 14. The van der Waals surface area contributed by atoms with Gasteiger partial charge in [-0.05, 0) is 19.3 Å². The SMILES string of the molecule is CCCCCCCCCCCCCCCCCCCCC/C=C/C(O)C(COC1OC(CO)C(OC2OC(CO)C(O)C(OC3(C(=O)O)CC(O)C(NC(C)=O)C(C(O)C(O)CO)O3)C2O)C(O)C1O)NC(=O)CCCCCCCCCCCCCCCCCCCCCCCC. The number of rotatable bonds is 60. The summed E-state index contributed by atoms with van der Waals surface area (Å²) in [6.07, 6.45) is 26.7. The minimum Gasteiger partial charge on any atom is -0.477 e. The predicted molar refractivity (Wildman–Crippen MR) is 371 cm³/mol. The van der Waals surface area contributed by atoms with Crippen LogP contribution >= 0.6 is 0 Å². The molecule has 0 radical (unpaired) electrons. The van der Waals surface area contributed by atoms with Crippen LogP contribution < -0.4 is 10.6 Å². The van der Waals surface area contributed by atoms with Gasteiger partial charge in [0.25, 0.3) is 5.79 Å². The molecule has 0 bridgehead atoms. The van der Waals surface area contributed by atoms with Crippen molar-refractivity contribution in [2.24, 2.45) is 0 Å². The van der Waals surface area contributed by atoms with Gasteiger partial charge in [-0.25, -0.2) is 4.79 Å². The number of carbonyl (C=O) groups excluding carboxylic acids is 2. The normalized spacial score (nSPS) is 27.4. The highest BCUT2D eigenvalue weighted by molar-refractivity contribution is 5.77. The zero-order chi connectivity index (χ0) is 71.1. The number of ether oxygens (including phenoxy) is 6. The number of carbonyl (C=O) groups is 3. The molecular formula is C74H138N2O21. The van der Waals surface area contributed by atoms with Gasteiger partial charge in [0.05, 0.1) is 50.7 Å². The van der Waals surface area contributed by atoms with Gasteiger partial charge in [-0.1, -0.05) is 276 Å². The Bertz CT molecular complexity index is 2000. The molecule has 3 aliphatic heterocycles. The van der Waals surface area contributed by atoms with Gasteiger partial charge in [-0.15, -0.1) is 0 Å². The number of aliphatic carboxylic acids is 1. The summed E-state index contributed by atoms with van der Waals surface area (Å²) in [7, 11) is 0. The molecule has 0 aromatic heterocycles. The maximum atomic E-state index is 13.5. The molecule has 0 saturated carbocycles. The number of unbranched alkanes of at least 4 members (excludes halogenated alkanes) is 40. The van der Waals surface area contributed by atoms with E-state index in [0.29, 0.717) is 12.8 Å². The summed E-state index contributed by atoms with van der Waals surface area (Å²) in [6, 6.07) is -2.61. The second kappa shape index (κ2) is 54.2. The Labute approximate surface area is 581 Å². The number of allylic oxidation sites excluding steroid dienone is 1. The second-order valence-electron chi connectivity index (χ2n) is 28.2. The number of aliphatic hydroxyl groups is 11. The molecule has 97 heavy (non-hydrogen) atoms. The Balaban J connectivity index is 1.55. The molecule has 3 aliphatic rings. The molecule has 0 aliphatic carbocycles. The van der Waals surface area contributed by atoms with Crippen LogP contribution in [0.1, 0.15) is 303 Å². The fourth-order valence-corrected chi connectivity index (χ4v) is 13.6. The van der Waals surface area contributed by atoms with E-state index < -0.39 is 155 Å². The van der Waals surface area contributed by atoms with E-state index in [9.17, 15) is 75.7 Å². The van der Waals surface area contributed by atoms with Crippen LogP contribution in [0.4, 0.5) is 0 Å². The Hall–Kier alpha value is -2.53. The van der Waals surface area contributed by atoms with Crippen molar-refractivity contribution in [2.45, 2.75) is 413 Å². The Morgan fingerprint density at radius 1 is 0.536 bits per heavy atom. The summed E-state index contributed by atoms with van der Waals surface area (Å²) in [6.45, 7) is 2.19. The average Bonchev–Trinajstić information content (AvgIpc) is 0.759. The van der Waals surface area contributed by atoms with Crippen molar-refractivity contribution in [1.29, 1.82) is 0 Å². The molecule has 14 N–H and O–H groups in total. The lowest BCUT2D eigenvalue weighted by molar-refractivity contribution is -0.386. The molecule has 3 saturated heterocycles. The largest absolute Gasteiger partial charge is 0.477 e. The van der Waals surface area contributed by atoms with Crippen molar-refractivity contribution in [3.63, 3.8) is 0 Å². The number of carboxylic acid groups (broad SMARTS) is 1. The molecular weight excluding hydrogens is 1250 g/mol. The lowest BCUT2D eigenvalue weighted by atomic mass is 9.88. The van der Waals surface area contributed by atoms with Crippen LogP contribution in [-0.2, 0) is 42.8 Å². The Kier molecular flexibility index (Phi) is 49.5. The van der Waals surface area contributed by atoms with Crippen molar-refractivity contribution >= 4 is 17.8 Å². The smallest absolute Gasteiger partial charge is 0.364 e. The molecule has 0 spiro atoms. The first-order chi connectivity index (χ1) is 46.9. The van der Waals surface area contributed by atoms with Crippen LogP contribution in [0.3, 0.4) is 0 Å². The van der Waals surface area contributed by atoms with Crippen molar-refractivity contribution < 1.29 is 104 Å². The Morgan fingerprint density at radius 3 is 1.37 bits per heavy atom. The van der Waals surface area contributed by atoms with E-state index in [1.54, 1.807) is 6.08 Å². The van der Waals surface area contributed by atoms with Crippen molar-refractivity contribution in [1.82, 2.24) is 10.6 Å². The molecule has 18 unspecified atom stereocenters. The van der Waals surface area contributed by atoms with E-state index >= 15 is 0 Å². The van der Waals surface area contributed by atoms with Crippen molar-refractivity contribution in [2.75, 3.05) is 26.4 Å². The monoisotopic (exact) mass is 1390 g/mol. The van der Waals surface area contributed by atoms with Gasteiger partial charge in [0, 0.05) is 19.8 Å². The van der Waals surface area contributed by atoms with Crippen LogP contribution in [0, 0.1) is 0 Å². The maximum Gasteiger partial charge on any atom is 0.364 e. The quantitative estimate of drug-likeness (QED) is 0.0199. The third-order valence-corrected chi connectivity index (χ3v) is 19.7. The minimum absolute atomic E-state index is 0.206. The fourth-order valence-electron chi connectivity index (χ4n) is 13.6. The van der Waals surface area contributed by atoms with Crippen molar-refractivity contribution in [3.05, 3.63) is 12.2 Å². The van der Waals surface area contributed by atoms with Gasteiger partial charge in [-0.3, -0.25) is 9.59 Å². The molecule has 23 heteroatoms. The lowest BCUT2D eigenvalue weighted by Crippen LogP contribution is -2.70. The molecule has 0 aromatic carbocycles. The summed E-state index contributed by atoms with van der Waals surface area (Å²) in [5.74, 6) is -6.13. The molecule has 0 aromatic rings. The Morgan fingerprint density at radius 2 is 0.959 bits per heavy atom. The third kappa shape index (κ3) is 35.5. The molecule has 570 valence electrons. The van der Waals surface area contributed by atoms with Crippen LogP contribution in [0.5, 0.6) is 0 Å². The first-order valence-electron chi connectivity index (χ1n) is 38.6. The topological polar surface area (TPSA) is 373 Å². The minimum atomic E-state index is -3.08. The molecule has 2 amide bonds. The highest BCUT2D eigenvalue weighted by Crippen LogP contribution is 2.39. The number of amides is 2. The van der Waals surface area contributed by atoms with Crippen LogP contribution in [0.2, 0.25) is 0 Å². The van der Waals surface area contributed by atoms with Crippen LogP contribution in [0.25, 0.3) is 0 Å². The van der Waals surface area contributed by atoms with Gasteiger partial charge < -0.3 is 100 Å². The number of nitrogens with one attached hydrogen (secondary N) is 2. The zero-order valence-electron chi connectivity index (χ0n) is 60.0. The average molecular weight is 1390 g/mol. The summed E-state index contributed by atoms with van der Waals surface area (Å²) < 4.78 is 34.9. The summed E-state index contributed by atoms with van der Waals surface area (Å²) in [5, 5.41) is 136. The zero-order valence-corrected chi connectivity index (χ0v) is 60.0. The molecule has 18 atom stereocenters. The maximum absolute atomic E-state index is 13.5. The lowest BCUT2D eigenvalue weighted by Gasteiger charge is -2.50. The predicted octanol–water partition coefficient (Wildman–Crippen LogP) is 9.02. The fraction of sp³-hybridized carbons (Fsp3) is 0.932. The standard InChI is InChI=1S/C74H138N2O21/c1-4-6-8-10-12-14-16-18-20-22-24-26-28-30-32-34-36-38-40-42-44-46-48-61(84)76-55(56(81)47-45-43-41-39-37-35-33-31-29-27-25-23-21-19-17-15-13-11-9-7-5-2)53-92-71-66(88)65(87)68(60(52-79)94-71)95-72-67(89)70(64(86)59(51-78)93-72)97-74(73(90)91)49-57(82)62(75-54(3)80)69(96-74)63(85)58(83)50-77/h45,47,55-60,62-72,77-79,81-83,85-89H,4-44,46,48-53H2,1-3H3,(H,75,80)(H,76,84)(H,90,91)/b47-45+. The van der Waals surface area contributed by atoms with E-state index in [1.807, 2.05) is 6.08 Å². The van der Waals surface area contributed by atoms with E-state index in [-0.39, 0.29) is 12.3 Å². The van der Waals surface area contributed by atoms with Gasteiger partial charge in [-0.2, -0.15) is 0 Å². The van der Waals surface area contributed by atoms with Crippen LogP contribution in [-0.4, -0.2) is 215 Å². The number of aliphatic hydroxyl groups excluding tert-OH is 11. The first-order valence-corrected chi connectivity index (χ1v) is 38.6. The van der Waals surface area contributed by atoms with E-state index in [4.69, 9.17) is 28.4 Å². The molecule has 3 heterocycles. The van der Waals surface area contributed by atoms with Gasteiger partial charge >= 0.3 is 5.97 Å². The number of hydrogen-bond acceptors (Lipinski definition) is 20. The van der Waals surface area contributed by atoms with Gasteiger partial charge in [0.2, 0.25) is 11.8 Å². The highest BCUT2D eigenvalue weighted by Gasteiger charge is 2.60. The van der Waals surface area contributed by atoms with E-state index in [2.05, 4.69) is 24.5 Å².